The molecule has 0 saturated carbocycles. The van der Waals surface area contributed by atoms with Crippen LogP contribution in [-0.2, 0) is 52.4 Å². The van der Waals surface area contributed by atoms with E-state index < -0.39 is 59.1 Å². The lowest BCUT2D eigenvalue weighted by molar-refractivity contribution is -0.149. The van der Waals surface area contributed by atoms with Gasteiger partial charge in [-0.25, -0.2) is 0 Å². The van der Waals surface area contributed by atoms with Crippen molar-refractivity contribution in [3.63, 3.8) is 0 Å². The number of carbonyl (C=O) groups is 5. The van der Waals surface area contributed by atoms with Gasteiger partial charge in [-0.2, -0.15) is 0 Å². The minimum absolute atomic E-state index is 0. The summed E-state index contributed by atoms with van der Waals surface area (Å²) in [5, 5.41) is 15.6. The number of carbonyl (C=O) groups excluding carboxylic acids is 5. The van der Waals surface area contributed by atoms with Gasteiger partial charge in [-0.1, -0.05) is 24.1 Å². The molecule has 7 N–H and O–H groups in total. The molecule has 2 aromatic carbocycles. The van der Waals surface area contributed by atoms with Gasteiger partial charge in [0.25, 0.3) is 0 Å². The van der Waals surface area contributed by atoms with Gasteiger partial charge in [0, 0.05) is 44.9 Å². The van der Waals surface area contributed by atoms with E-state index in [0.717, 1.165) is 22.3 Å². The summed E-state index contributed by atoms with van der Waals surface area (Å²) in [7, 11) is 0.0318. The van der Waals surface area contributed by atoms with Gasteiger partial charge in [-0.15, -0.1) is 12.4 Å². The molecule has 0 radical (unpaired) electrons. The number of ether oxygens (including phenoxy) is 1. The molecule has 1 unspecified atom stereocenters. The monoisotopic (exact) mass is 767 g/mol. The number of benzene rings is 2. The molecular weight excluding hydrogens is 710 g/mol. The number of hydrogen-bond acceptors (Lipinski definition) is 10. The highest BCUT2D eigenvalue weighted by molar-refractivity contribution is 7.84. The van der Waals surface area contributed by atoms with Gasteiger partial charge in [-0.3, -0.25) is 33.1 Å². The van der Waals surface area contributed by atoms with Gasteiger partial charge in [0.1, 0.15) is 18.3 Å². The van der Waals surface area contributed by atoms with Crippen LogP contribution in [0.4, 0.5) is 0 Å². The number of unbranched alkanes of at least 4 members (excludes halogenated alkanes) is 2. The maximum Gasteiger partial charge on any atom is 0.305 e. The molecule has 2 aromatic rings. The van der Waals surface area contributed by atoms with Crippen LogP contribution < -0.4 is 22.1 Å². The molecule has 52 heavy (non-hydrogen) atoms. The molecule has 4 atom stereocenters. The van der Waals surface area contributed by atoms with Crippen molar-refractivity contribution in [3.8, 4) is 5.75 Å². The summed E-state index contributed by atoms with van der Waals surface area (Å²) < 4.78 is 32.2. The third-order valence-electron chi connectivity index (χ3n) is 8.51. The Morgan fingerprint density at radius 3 is 2.04 bits per heavy atom. The topological polar surface area (TPSA) is 211 Å². The number of methoxy groups -OCH3 is 1. The van der Waals surface area contributed by atoms with Crippen LogP contribution in [0.5, 0.6) is 5.75 Å². The predicted octanol–water partition coefficient (Wildman–Crippen LogP) is 2.25. The number of rotatable bonds is 19. The first-order valence-corrected chi connectivity index (χ1v) is 18.5. The summed E-state index contributed by atoms with van der Waals surface area (Å²) in [6.45, 7) is 4.70. The van der Waals surface area contributed by atoms with E-state index in [-0.39, 0.29) is 75.9 Å². The lowest BCUT2D eigenvalue weighted by Crippen LogP contribution is -2.57. The largest absolute Gasteiger partial charge is 0.508 e. The molecule has 0 fully saturated rings. The van der Waals surface area contributed by atoms with E-state index in [2.05, 4.69) is 15.4 Å². The Labute approximate surface area is 318 Å². The molecule has 290 valence electrons. The summed E-state index contributed by atoms with van der Waals surface area (Å²) in [5.74, 6) is -3.56. The van der Waals surface area contributed by atoms with Crippen LogP contribution in [0, 0.1) is 34.6 Å². The Kier molecular flexibility index (Phi) is 18.2. The van der Waals surface area contributed by atoms with Crippen LogP contribution in [0.3, 0.4) is 0 Å². The van der Waals surface area contributed by atoms with Crippen LogP contribution in [0.25, 0.3) is 0 Å². The number of phenols is 1. The Balaban J connectivity index is 0.0000146. The van der Waals surface area contributed by atoms with Gasteiger partial charge >= 0.3 is 5.97 Å². The fourth-order valence-corrected chi connectivity index (χ4v) is 6.35. The van der Waals surface area contributed by atoms with Crippen LogP contribution in [0.15, 0.2) is 24.3 Å². The summed E-state index contributed by atoms with van der Waals surface area (Å²) in [6, 6.07) is 2.85. The number of esters is 1. The van der Waals surface area contributed by atoms with Gasteiger partial charge in [0.2, 0.25) is 23.6 Å². The fourth-order valence-electron chi connectivity index (χ4n) is 5.77. The molecule has 0 bridgehead atoms. The summed E-state index contributed by atoms with van der Waals surface area (Å²) >= 11 is 0. The highest BCUT2D eigenvalue weighted by Gasteiger charge is 2.33. The van der Waals surface area contributed by atoms with E-state index in [1.165, 1.54) is 25.5 Å². The fraction of sp³-hybridized carbons (Fsp3) is 0.541. The number of nitrogens with one attached hydrogen (secondary N) is 2. The third kappa shape index (κ3) is 14.6. The lowest BCUT2D eigenvalue weighted by atomic mass is 9.94. The van der Waals surface area contributed by atoms with Crippen LogP contribution in [-0.4, -0.2) is 94.1 Å². The quantitative estimate of drug-likeness (QED) is 0.104. The van der Waals surface area contributed by atoms with E-state index >= 15 is 0 Å². The zero-order valence-electron chi connectivity index (χ0n) is 32.8. The second-order valence-electron chi connectivity index (χ2n) is 12.9. The minimum Gasteiger partial charge on any atom is -0.508 e. The molecule has 0 aliphatic carbocycles. The first kappa shape index (κ1) is 42.6. The molecule has 0 aliphatic rings. The van der Waals surface area contributed by atoms with E-state index in [4.69, 9.17) is 14.2 Å². The average molecular weight is 768 g/mol. The molecule has 0 saturated heterocycles. The molecule has 4 amide bonds. The standard InChI is InChI=1S/C37H55N5O8S.ClH/c1-22-15-23(2)29(24(3)16-22)20-32(35(46)40-13-10-8-9-11-34(45)50-6)41-33(44)21-42(36(47)30(38)12-14-51(7)49)37(48)31(39)19-28-25(4)17-27(43)18-26(28)5;/h15-18,30-32,43H,8-14,19-21,38-39H2,1-7H3,(H,40,46)(H,41,44);1H/t30-,31+,32+,51?;/m1./s1/i4D,5D;. The molecule has 0 heterocycles. The highest BCUT2D eigenvalue weighted by Crippen LogP contribution is 2.22. The van der Waals surface area contributed by atoms with Crippen molar-refractivity contribution in [2.24, 2.45) is 11.5 Å². The van der Waals surface area contributed by atoms with E-state index in [0.29, 0.717) is 40.9 Å². The molecule has 15 heteroatoms. The first-order chi connectivity index (χ1) is 25.0. The zero-order valence-corrected chi connectivity index (χ0v) is 32.4. The Morgan fingerprint density at radius 2 is 1.48 bits per heavy atom. The minimum atomic E-state index is -1.41. The molecule has 2 rings (SSSR count). The van der Waals surface area contributed by atoms with Crippen molar-refractivity contribution in [2.45, 2.75) is 97.6 Å². The highest BCUT2D eigenvalue weighted by atomic mass is 35.5. The third-order valence-corrected chi connectivity index (χ3v) is 9.32. The second-order valence-corrected chi connectivity index (χ2v) is 14.4. The van der Waals surface area contributed by atoms with Crippen molar-refractivity contribution >= 4 is 52.8 Å². The number of halogens is 1. The van der Waals surface area contributed by atoms with Gasteiger partial charge in [0.05, 0.1) is 19.2 Å². The van der Waals surface area contributed by atoms with Crippen LogP contribution in [0.2, 0.25) is 0 Å². The molecule has 13 nitrogen and oxygen atoms in total. The number of aromatic hydroxyl groups is 1. The van der Waals surface area contributed by atoms with E-state index in [9.17, 15) is 33.3 Å². The number of hydrogen-bond donors (Lipinski definition) is 5. The van der Waals surface area contributed by atoms with E-state index in [1.807, 2.05) is 32.9 Å². The molecule has 0 aliphatic heterocycles. The maximum absolute atomic E-state index is 13.9. The number of amides is 4. The predicted molar refractivity (Wildman–Crippen MR) is 205 cm³/mol. The smallest absolute Gasteiger partial charge is 0.305 e. The number of nitrogens with two attached hydrogens (primary N) is 2. The lowest BCUT2D eigenvalue weighted by Gasteiger charge is -2.28. The van der Waals surface area contributed by atoms with Gasteiger partial charge in [0.15, 0.2) is 0 Å². The second kappa shape index (κ2) is 22.3. The number of imide groups is 1. The summed E-state index contributed by atoms with van der Waals surface area (Å²) in [4.78, 5) is 66.9. The normalized spacial score (nSPS) is 13.7. The Bertz CT molecular complexity index is 1600. The van der Waals surface area contributed by atoms with Crippen LogP contribution >= 0.6 is 12.4 Å². The van der Waals surface area contributed by atoms with Crippen LogP contribution in [0.1, 0.15) is 73.8 Å². The van der Waals surface area contributed by atoms with Crippen molar-refractivity contribution < 1.29 is 40.8 Å². The SMILES string of the molecule is Cl.[2H]Cc1cc(O)cc(C[2H])c1C[C@H](N)C(=O)N(CC(=O)N[C@@H](Cc1c(C)cc(C)cc1C)C(=O)NCCCCCC(=O)OC)C(=O)[C@H](N)CCS(C)=O. The number of phenolic OH excluding ortho intramolecular Hbond substituents is 1. The number of aryl methyl sites for hydroxylation is 5. The molecule has 0 spiro atoms. The van der Waals surface area contributed by atoms with Gasteiger partial charge in [-0.05, 0) is 106 Å². The average Bonchev–Trinajstić information content (AvgIpc) is 3.11. The van der Waals surface area contributed by atoms with E-state index in [1.54, 1.807) is 0 Å². The summed E-state index contributed by atoms with van der Waals surface area (Å²) in [5.41, 5.74) is 17.3. The summed E-state index contributed by atoms with van der Waals surface area (Å²) in [6.07, 6.45) is 3.41. The molecular formula is C37H56ClN5O8S. The van der Waals surface area contributed by atoms with Gasteiger partial charge < -0.3 is 31.9 Å². The zero-order chi connectivity index (χ0) is 39.8. The maximum atomic E-state index is 13.9. The molecule has 0 aromatic heterocycles. The van der Waals surface area contributed by atoms with Crippen molar-refractivity contribution in [1.82, 2.24) is 15.5 Å². The number of nitrogens with zero attached hydrogens (tertiary/aromatic N) is 1. The first-order valence-electron chi connectivity index (χ1n) is 18.2. The Morgan fingerprint density at radius 1 is 0.904 bits per heavy atom. The Hall–Kier alpha value is -3.85. The van der Waals surface area contributed by atoms with Crippen molar-refractivity contribution in [2.75, 3.05) is 32.2 Å². The van der Waals surface area contributed by atoms with Crippen molar-refractivity contribution in [1.29, 1.82) is 0 Å². The van der Waals surface area contributed by atoms with Crippen molar-refractivity contribution in [3.05, 3.63) is 63.2 Å².